The Morgan fingerprint density at radius 1 is 0.880 bits per heavy atom. The van der Waals surface area contributed by atoms with Crippen molar-refractivity contribution in [3.05, 3.63) is 90.4 Å². The van der Waals surface area contributed by atoms with Gasteiger partial charge in [-0.05, 0) is 49.5 Å². The molecule has 0 aliphatic carbocycles. The number of nitrogens with zero attached hydrogens (tertiary/aromatic N) is 1. The Morgan fingerprint density at radius 3 is 2.08 bits per heavy atom. The summed E-state index contributed by atoms with van der Waals surface area (Å²) < 4.78 is 12.3. The van der Waals surface area contributed by atoms with E-state index in [1.807, 2.05) is 41.5 Å². The molecule has 0 aliphatic rings. The average Bonchev–Trinajstić information content (AvgIpc) is 3.13. The molecule has 3 nitrogen and oxygen atoms in total. The highest BCUT2D eigenvalue weighted by Crippen LogP contribution is 2.32. The summed E-state index contributed by atoms with van der Waals surface area (Å²) in [6.07, 6.45) is 2.54. The first-order valence-electron chi connectivity index (χ1n) is 8.64. The fourth-order valence-corrected chi connectivity index (χ4v) is 3.61. The van der Waals surface area contributed by atoms with Crippen LogP contribution in [0, 0.1) is 0 Å². The van der Waals surface area contributed by atoms with Crippen LogP contribution in [0.5, 0.6) is 0 Å². The first kappa shape index (κ1) is 17.5. The lowest BCUT2D eigenvalue weighted by Crippen LogP contribution is -2.40. The Morgan fingerprint density at radius 2 is 1.52 bits per heavy atom. The summed E-state index contributed by atoms with van der Waals surface area (Å²) in [7, 11) is -1.81. The predicted molar refractivity (Wildman–Crippen MR) is 105 cm³/mol. The van der Waals surface area contributed by atoms with Gasteiger partial charge in [-0.15, -0.1) is 0 Å². The van der Waals surface area contributed by atoms with Gasteiger partial charge in [-0.2, -0.15) is 0 Å². The number of anilines is 1. The molecule has 1 heterocycles. The van der Waals surface area contributed by atoms with Crippen molar-refractivity contribution in [2.24, 2.45) is 0 Å². The average molecular weight is 352 g/mol. The van der Waals surface area contributed by atoms with Crippen molar-refractivity contribution in [2.75, 3.05) is 5.06 Å². The maximum atomic E-state index is 6.49. The molecule has 2 aromatic carbocycles. The summed E-state index contributed by atoms with van der Waals surface area (Å²) in [5.41, 5.74) is 2.30. The van der Waals surface area contributed by atoms with E-state index in [0.717, 1.165) is 17.9 Å². The Labute approximate surface area is 150 Å². The third kappa shape index (κ3) is 4.84. The molecular weight excluding hydrogens is 326 g/mol. The van der Waals surface area contributed by atoms with Crippen molar-refractivity contribution < 1.29 is 8.94 Å². The Bertz CT molecular complexity index is 752. The maximum absolute atomic E-state index is 6.49. The van der Waals surface area contributed by atoms with Gasteiger partial charge >= 0.3 is 0 Å². The molecule has 25 heavy (non-hydrogen) atoms. The van der Waals surface area contributed by atoms with E-state index in [-0.39, 0.29) is 6.04 Å². The fourth-order valence-electron chi connectivity index (χ4n) is 2.78. The summed E-state index contributed by atoms with van der Waals surface area (Å²) >= 11 is 0. The molecule has 0 saturated heterocycles. The summed E-state index contributed by atoms with van der Waals surface area (Å²) in [4.78, 5) is 0. The second-order valence-electron chi connectivity index (χ2n) is 7.09. The van der Waals surface area contributed by atoms with Crippen LogP contribution < -0.4 is 5.06 Å². The first-order valence-corrected chi connectivity index (χ1v) is 12.0. The Kier molecular flexibility index (Phi) is 5.41. The molecule has 1 aromatic heterocycles. The molecule has 0 fully saturated rings. The van der Waals surface area contributed by atoms with Crippen molar-refractivity contribution in [1.82, 2.24) is 0 Å². The van der Waals surface area contributed by atoms with Crippen molar-refractivity contribution in [3.8, 4) is 0 Å². The highest BCUT2D eigenvalue weighted by Gasteiger charge is 2.29. The lowest BCUT2D eigenvalue weighted by atomic mass is 10.0. The van der Waals surface area contributed by atoms with Crippen LogP contribution in [0.1, 0.15) is 17.4 Å². The van der Waals surface area contributed by atoms with Gasteiger partial charge in [0.25, 0.3) is 0 Å². The van der Waals surface area contributed by atoms with Gasteiger partial charge in [0.05, 0.1) is 12.0 Å². The number of hydrogen-bond donors (Lipinski definition) is 0. The summed E-state index contributed by atoms with van der Waals surface area (Å²) in [6, 6.07) is 24.7. The molecule has 0 saturated carbocycles. The second-order valence-corrected chi connectivity index (χ2v) is 11.5. The number of hydrogen-bond acceptors (Lipinski definition) is 3. The van der Waals surface area contributed by atoms with Crippen LogP contribution in [-0.2, 0) is 10.9 Å². The largest absolute Gasteiger partial charge is 0.467 e. The molecule has 0 aliphatic heterocycles. The van der Waals surface area contributed by atoms with Gasteiger partial charge in [-0.25, -0.2) is 0 Å². The van der Waals surface area contributed by atoms with Crippen LogP contribution in [0.3, 0.4) is 0 Å². The molecule has 130 valence electrons. The molecule has 0 spiro atoms. The van der Waals surface area contributed by atoms with E-state index in [0.29, 0.717) is 0 Å². The highest BCUT2D eigenvalue weighted by atomic mass is 28.4. The Hall–Kier alpha value is -2.30. The fraction of sp³-hybridized carbons (Fsp3) is 0.238. The van der Waals surface area contributed by atoms with E-state index in [4.69, 9.17) is 8.94 Å². The van der Waals surface area contributed by atoms with Crippen LogP contribution in [0.15, 0.2) is 83.5 Å². The molecule has 0 N–H and O–H groups in total. The number of para-hydroxylation sites is 1. The zero-order valence-corrected chi connectivity index (χ0v) is 16.1. The number of furan rings is 1. The van der Waals surface area contributed by atoms with Gasteiger partial charge in [0.1, 0.15) is 11.8 Å². The topological polar surface area (TPSA) is 25.6 Å². The van der Waals surface area contributed by atoms with Crippen LogP contribution in [-0.4, -0.2) is 8.32 Å². The van der Waals surface area contributed by atoms with E-state index in [1.54, 1.807) is 6.26 Å². The van der Waals surface area contributed by atoms with Crippen LogP contribution in [0.25, 0.3) is 0 Å². The zero-order valence-electron chi connectivity index (χ0n) is 15.1. The van der Waals surface area contributed by atoms with E-state index in [9.17, 15) is 0 Å². The predicted octanol–water partition coefficient (Wildman–Crippen LogP) is 5.84. The molecule has 0 bridgehead atoms. The summed E-state index contributed by atoms with van der Waals surface area (Å²) in [5, 5.41) is 2.04. The summed E-state index contributed by atoms with van der Waals surface area (Å²) in [6.45, 7) is 6.60. The van der Waals surface area contributed by atoms with Crippen LogP contribution in [0.4, 0.5) is 5.69 Å². The van der Waals surface area contributed by atoms with Gasteiger partial charge in [-0.3, -0.25) is 5.06 Å². The van der Waals surface area contributed by atoms with E-state index in [1.165, 1.54) is 5.56 Å². The van der Waals surface area contributed by atoms with Crippen molar-refractivity contribution >= 4 is 14.0 Å². The highest BCUT2D eigenvalue weighted by molar-refractivity contribution is 6.69. The smallest absolute Gasteiger partial charge is 0.220 e. The molecule has 4 heteroatoms. The van der Waals surface area contributed by atoms with E-state index >= 15 is 0 Å². The minimum Gasteiger partial charge on any atom is -0.467 e. The van der Waals surface area contributed by atoms with E-state index in [2.05, 4.69) is 56.0 Å². The molecule has 1 unspecified atom stereocenters. The maximum Gasteiger partial charge on any atom is 0.220 e. The van der Waals surface area contributed by atoms with Crippen molar-refractivity contribution in [3.63, 3.8) is 0 Å². The normalized spacial score (nSPS) is 12.8. The molecule has 3 aromatic rings. The molecular formula is C21H25NO2Si. The summed E-state index contributed by atoms with van der Waals surface area (Å²) in [5.74, 6) is 0.908. The van der Waals surface area contributed by atoms with Gasteiger partial charge < -0.3 is 8.94 Å². The monoisotopic (exact) mass is 351 g/mol. The lowest BCUT2D eigenvalue weighted by Gasteiger charge is -2.36. The third-order valence-electron chi connectivity index (χ3n) is 3.81. The van der Waals surface area contributed by atoms with Crippen LogP contribution in [0.2, 0.25) is 19.6 Å². The second kappa shape index (κ2) is 7.72. The van der Waals surface area contributed by atoms with Gasteiger partial charge in [0, 0.05) is 6.42 Å². The zero-order chi connectivity index (χ0) is 17.7. The van der Waals surface area contributed by atoms with Crippen molar-refractivity contribution in [2.45, 2.75) is 32.1 Å². The SMILES string of the molecule is C[Si](C)(C)ON(c1ccccc1)C(Cc1ccccc1)c1ccco1. The van der Waals surface area contributed by atoms with E-state index < -0.39 is 8.32 Å². The number of hydroxylamine groups is 1. The lowest BCUT2D eigenvalue weighted by molar-refractivity contribution is 0.218. The quantitative estimate of drug-likeness (QED) is 0.395. The first-order chi connectivity index (χ1) is 12.0. The van der Waals surface area contributed by atoms with Gasteiger partial charge in [-0.1, -0.05) is 48.5 Å². The van der Waals surface area contributed by atoms with Gasteiger partial charge in [0.15, 0.2) is 0 Å². The van der Waals surface area contributed by atoms with Crippen LogP contribution >= 0.6 is 0 Å². The minimum atomic E-state index is -1.81. The molecule has 1 atom stereocenters. The van der Waals surface area contributed by atoms with Gasteiger partial charge in [0.2, 0.25) is 8.32 Å². The molecule has 0 amide bonds. The van der Waals surface area contributed by atoms with Crippen molar-refractivity contribution in [1.29, 1.82) is 0 Å². The Balaban J connectivity index is 2.00. The standard InChI is InChI=1S/C21H25NO2Si/c1-25(2,3)24-22(19-13-8-5-9-14-19)20(21-15-10-16-23-21)17-18-11-6-4-7-12-18/h4-16,20H,17H2,1-3H3. The minimum absolute atomic E-state index is 0.0217. The molecule has 3 rings (SSSR count). The number of benzene rings is 2. The third-order valence-corrected chi connectivity index (χ3v) is 4.55. The molecule has 0 radical (unpaired) electrons. The number of rotatable bonds is 7.